The molecule has 5 nitrogen and oxygen atoms in total. The summed E-state index contributed by atoms with van der Waals surface area (Å²) in [5.41, 5.74) is 0. The first-order valence-electron chi connectivity index (χ1n) is 5.71. The second kappa shape index (κ2) is 4.96. The summed E-state index contributed by atoms with van der Waals surface area (Å²) in [7, 11) is -1.91. The van der Waals surface area contributed by atoms with Crippen molar-refractivity contribution in [3.8, 4) is 0 Å². The number of rotatable bonds is 2. The van der Waals surface area contributed by atoms with Gasteiger partial charge in [0.1, 0.15) is 0 Å². The first-order valence-corrected chi connectivity index (χ1v) is 7.53. The van der Waals surface area contributed by atoms with Crippen LogP contribution in [0.15, 0.2) is 11.2 Å². The highest BCUT2D eigenvalue weighted by molar-refractivity contribution is 7.89. The quantitative estimate of drug-likeness (QED) is 0.826. The number of aromatic nitrogens is 2. The van der Waals surface area contributed by atoms with Gasteiger partial charge in [-0.15, -0.1) is 0 Å². The van der Waals surface area contributed by atoms with Gasteiger partial charge in [0.05, 0.1) is 11.2 Å². The summed E-state index contributed by atoms with van der Waals surface area (Å²) in [5, 5.41) is 4.17. The smallest absolute Gasteiger partial charge is 0.255 e. The van der Waals surface area contributed by atoms with Crippen molar-refractivity contribution in [1.29, 1.82) is 0 Å². The molecule has 1 saturated heterocycles. The average Bonchev–Trinajstić information content (AvgIpc) is 2.53. The van der Waals surface area contributed by atoms with E-state index in [1.807, 2.05) is 0 Å². The highest BCUT2D eigenvalue weighted by atomic mass is 35.5. The van der Waals surface area contributed by atoms with Crippen LogP contribution in [0, 0.1) is 0 Å². The Bertz CT molecular complexity index is 470. The molecule has 0 bridgehead atoms. The van der Waals surface area contributed by atoms with Crippen LogP contribution in [0.4, 0.5) is 0 Å². The number of hydrogen-bond donors (Lipinski definition) is 0. The monoisotopic (exact) mass is 277 g/mol. The molecule has 1 aliphatic rings. The SMILES string of the molecule is Cn1ncc(Cl)c1S(=O)(=O)N1CCCCCC1. The van der Waals surface area contributed by atoms with Crippen LogP contribution in [0.2, 0.25) is 5.02 Å². The van der Waals surface area contributed by atoms with E-state index in [9.17, 15) is 8.42 Å². The molecule has 17 heavy (non-hydrogen) atoms. The summed E-state index contributed by atoms with van der Waals surface area (Å²) < 4.78 is 27.7. The molecule has 1 fully saturated rings. The fourth-order valence-corrected chi connectivity index (χ4v) is 4.22. The molecule has 0 aliphatic carbocycles. The zero-order valence-corrected chi connectivity index (χ0v) is 11.3. The van der Waals surface area contributed by atoms with E-state index in [0.717, 1.165) is 25.7 Å². The van der Waals surface area contributed by atoms with Crippen LogP contribution in [0.5, 0.6) is 0 Å². The van der Waals surface area contributed by atoms with Gasteiger partial charge < -0.3 is 0 Å². The minimum Gasteiger partial charge on any atom is -0.255 e. The van der Waals surface area contributed by atoms with Crippen LogP contribution in [-0.2, 0) is 17.1 Å². The molecule has 0 radical (unpaired) electrons. The lowest BCUT2D eigenvalue weighted by atomic mass is 10.2. The molecule has 2 heterocycles. The molecule has 7 heteroatoms. The lowest BCUT2D eigenvalue weighted by Crippen LogP contribution is -2.33. The van der Waals surface area contributed by atoms with Crippen molar-refractivity contribution in [2.24, 2.45) is 7.05 Å². The van der Waals surface area contributed by atoms with Crippen LogP contribution in [-0.4, -0.2) is 35.6 Å². The van der Waals surface area contributed by atoms with E-state index in [0.29, 0.717) is 13.1 Å². The van der Waals surface area contributed by atoms with Gasteiger partial charge in [-0.2, -0.15) is 9.40 Å². The Balaban J connectivity index is 2.35. The predicted octanol–water partition coefficient (Wildman–Crippen LogP) is 1.64. The van der Waals surface area contributed by atoms with E-state index in [1.165, 1.54) is 15.2 Å². The number of nitrogens with zero attached hydrogens (tertiary/aromatic N) is 3. The third kappa shape index (κ3) is 2.48. The minimum absolute atomic E-state index is 0.0982. The maximum Gasteiger partial charge on any atom is 0.261 e. The lowest BCUT2D eigenvalue weighted by Gasteiger charge is -2.19. The van der Waals surface area contributed by atoms with Gasteiger partial charge >= 0.3 is 0 Å². The largest absolute Gasteiger partial charge is 0.261 e. The number of sulfonamides is 1. The van der Waals surface area contributed by atoms with Crippen LogP contribution in [0.3, 0.4) is 0 Å². The maximum atomic E-state index is 12.4. The van der Waals surface area contributed by atoms with Crippen LogP contribution < -0.4 is 0 Å². The first kappa shape index (κ1) is 12.9. The molecule has 1 aromatic heterocycles. The minimum atomic E-state index is -3.50. The molecule has 1 aromatic rings. The summed E-state index contributed by atoms with van der Waals surface area (Å²) in [5.74, 6) is 0. The zero-order valence-electron chi connectivity index (χ0n) is 9.76. The summed E-state index contributed by atoms with van der Waals surface area (Å²) >= 11 is 5.90. The fraction of sp³-hybridized carbons (Fsp3) is 0.700. The maximum absolute atomic E-state index is 12.4. The Morgan fingerprint density at radius 1 is 1.24 bits per heavy atom. The van der Waals surface area contributed by atoms with Crippen LogP contribution in [0.25, 0.3) is 0 Å². The van der Waals surface area contributed by atoms with E-state index in [2.05, 4.69) is 5.10 Å². The molecule has 2 rings (SSSR count). The summed E-state index contributed by atoms with van der Waals surface area (Å²) in [6, 6.07) is 0. The molecule has 0 aromatic carbocycles. The van der Waals surface area contributed by atoms with E-state index in [1.54, 1.807) is 7.05 Å². The topological polar surface area (TPSA) is 55.2 Å². The van der Waals surface area contributed by atoms with Crippen molar-refractivity contribution in [2.75, 3.05) is 13.1 Å². The first-order chi connectivity index (χ1) is 8.03. The number of hydrogen-bond acceptors (Lipinski definition) is 3. The highest BCUT2D eigenvalue weighted by Gasteiger charge is 2.30. The van der Waals surface area contributed by atoms with E-state index < -0.39 is 10.0 Å². The van der Waals surface area contributed by atoms with Crippen LogP contribution >= 0.6 is 11.6 Å². The molecule has 0 amide bonds. The second-order valence-corrected chi connectivity index (χ2v) is 6.50. The highest BCUT2D eigenvalue weighted by Crippen LogP contribution is 2.25. The second-order valence-electron chi connectivity index (χ2n) is 4.24. The third-order valence-electron chi connectivity index (χ3n) is 2.99. The van der Waals surface area contributed by atoms with Crippen molar-refractivity contribution in [3.05, 3.63) is 11.2 Å². The summed E-state index contributed by atoms with van der Waals surface area (Å²) in [6.45, 7) is 1.15. The Labute approximate surface area is 106 Å². The Hall–Kier alpha value is -0.590. The van der Waals surface area contributed by atoms with Gasteiger partial charge in [0.15, 0.2) is 5.03 Å². The molecule has 0 unspecified atom stereocenters. The van der Waals surface area contributed by atoms with Crippen molar-refractivity contribution in [1.82, 2.24) is 14.1 Å². The number of aryl methyl sites for hydroxylation is 1. The molecule has 96 valence electrons. The van der Waals surface area contributed by atoms with Crippen molar-refractivity contribution in [3.63, 3.8) is 0 Å². The van der Waals surface area contributed by atoms with Crippen molar-refractivity contribution >= 4 is 21.6 Å². The molecule has 0 spiro atoms. The van der Waals surface area contributed by atoms with Crippen LogP contribution in [0.1, 0.15) is 25.7 Å². The molecule has 0 atom stereocenters. The van der Waals surface area contributed by atoms with Gasteiger partial charge in [0.2, 0.25) is 0 Å². The fourth-order valence-electron chi connectivity index (χ4n) is 2.09. The van der Waals surface area contributed by atoms with Gasteiger partial charge in [-0.05, 0) is 12.8 Å². The van der Waals surface area contributed by atoms with Gasteiger partial charge in [0, 0.05) is 20.1 Å². The molecular weight excluding hydrogens is 262 g/mol. The van der Waals surface area contributed by atoms with Gasteiger partial charge in [-0.3, -0.25) is 4.68 Å². The van der Waals surface area contributed by atoms with Gasteiger partial charge in [-0.1, -0.05) is 24.4 Å². The summed E-state index contributed by atoms with van der Waals surface area (Å²) in [6.07, 6.45) is 5.37. The molecule has 0 N–H and O–H groups in total. The van der Waals surface area contributed by atoms with E-state index in [-0.39, 0.29) is 10.0 Å². The van der Waals surface area contributed by atoms with Gasteiger partial charge in [0.25, 0.3) is 10.0 Å². The Kier molecular flexibility index (Phi) is 3.75. The van der Waals surface area contributed by atoms with E-state index >= 15 is 0 Å². The Morgan fingerprint density at radius 3 is 2.29 bits per heavy atom. The molecule has 1 aliphatic heterocycles. The third-order valence-corrected chi connectivity index (χ3v) is 5.40. The summed E-state index contributed by atoms with van der Waals surface area (Å²) in [4.78, 5) is 0. The number of halogens is 1. The van der Waals surface area contributed by atoms with Crippen molar-refractivity contribution < 1.29 is 8.42 Å². The lowest BCUT2D eigenvalue weighted by molar-refractivity contribution is 0.417. The standard InChI is InChI=1S/C10H16ClN3O2S/c1-13-10(9(11)8-12-13)17(15,16)14-6-4-2-3-5-7-14/h8H,2-7H2,1H3. The zero-order chi connectivity index (χ0) is 12.5. The average molecular weight is 278 g/mol. The van der Waals surface area contributed by atoms with E-state index in [4.69, 9.17) is 11.6 Å². The Morgan fingerprint density at radius 2 is 1.82 bits per heavy atom. The van der Waals surface area contributed by atoms with Gasteiger partial charge in [-0.25, -0.2) is 8.42 Å². The normalized spacial score (nSPS) is 19.2. The molecular formula is C10H16ClN3O2S. The predicted molar refractivity (Wildman–Crippen MR) is 65.4 cm³/mol. The molecule has 0 saturated carbocycles. The van der Waals surface area contributed by atoms with Crippen molar-refractivity contribution in [2.45, 2.75) is 30.7 Å².